The lowest BCUT2D eigenvalue weighted by Gasteiger charge is -2.35. The second-order valence-corrected chi connectivity index (χ2v) is 6.43. The molecule has 6 nitrogen and oxygen atoms in total. The Morgan fingerprint density at radius 2 is 1.77 bits per heavy atom. The van der Waals surface area contributed by atoms with E-state index in [1.165, 1.54) is 5.56 Å². The van der Waals surface area contributed by atoms with Crippen molar-refractivity contribution >= 4 is 11.9 Å². The summed E-state index contributed by atoms with van der Waals surface area (Å²) < 4.78 is 10.5. The van der Waals surface area contributed by atoms with E-state index in [0.717, 1.165) is 19.6 Å². The van der Waals surface area contributed by atoms with Gasteiger partial charge >= 0.3 is 5.97 Å². The van der Waals surface area contributed by atoms with Gasteiger partial charge in [0.2, 0.25) is 0 Å². The molecule has 2 atom stereocenters. The van der Waals surface area contributed by atoms with Crippen molar-refractivity contribution in [1.29, 1.82) is 0 Å². The molecule has 1 fully saturated rings. The number of benzene rings is 1. The highest BCUT2D eigenvalue weighted by atomic mass is 16.6. The van der Waals surface area contributed by atoms with Crippen molar-refractivity contribution in [3.05, 3.63) is 48.6 Å². The highest BCUT2D eigenvalue weighted by molar-refractivity contribution is 5.84. The van der Waals surface area contributed by atoms with E-state index in [1.54, 1.807) is 24.8 Å². The highest BCUT2D eigenvalue weighted by Gasteiger charge is 2.28. The monoisotopic (exact) mass is 360 g/mol. The Balaban J connectivity index is 1.76. The van der Waals surface area contributed by atoms with Gasteiger partial charge in [0.25, 0.3) is 5.91 Å². The zero-order chi connectivity index (χ0) is 18.9. The summed E-state index contributed by atoms with van der Waals surface area (Å²) in [4.78, 5) is 28.5. The maximum Gasteiger partial charge on any atom is 0.335 e. The minimum absolute atomic E-state index is 0.159. The average molecular weight is 360 g/mol. The molecule has 0 saturated carbocycles. The summed E-state index contributed by atoms with van der Waals surface area (Å²) in [6.07, 6.45) is 0.0386. The normalized spacial score (nSPS) is 17.4. The standard InChI is InChI=1S/C20H28N2O4/c1-4-14-25-17(3)20(24)26-16(2)19(23)22-12-10-21(11-13-22)15-18-8-6-5-7-9-18/h4-9,16-17H,1,10-15H2,2-3H3. The molecule has 1 aliphatic heterocycles. The lowest BCUT2D eigenvalue weighted by molar-refractivity contribution is -0.167. The maximum atomic E-state index is 12.5. The molecule has 0 N–H and O–H groups in total. The van der Waals surface area contributed by atoms with Crippen LogP contribution < -0.4 is 0 Å². The van der Waals surface area contributed by atoms with Crippen LogP contribution in [0.3, 0.4) is 0 Å². The fraction of sp³-hybridized carbons (Fsp3) is 0.500. The van der Waals surface area contributed by atoms with Gasteiger partial charge in [0.05, 0.1) is 6.61 Å². The molecule has 2 rings (SSSR count). The van der Waals surface area contributed by atoms with Gasteiger partial charge in [-0.25, -0.2) is 4.79 Å². The van der Waals surface area contributed by atoms with Gasteiger partial charge in [0, 0.05) is 32.7 Å². The molecule has 0 aromatic heterocycles. The summed E-state index contributed by atoms with van der Waals surface area (Å²) in [6, 6.07) is 10.3. The molecular weight excluding hydrogens is 332 g/mol. The molecule has 0 radical (unpaired) electrons. The van der Waals surface area contributed by atoms with Crippen molar-refractivity contribution in [2.45, 2.75) is 32.6 Å². The van der Waals surface area contributed by atoms with E-state index < -0.39 is 18.2 Å². The predicted molar refractivity (Wildman–Crippen MR) is 99.5 cm³/mol. The minimum Gasteiger partial charge on any atom is -0.451 e. The second kappa shape index (κ2) is 10.1. The number of amides is 1. The van der Waals surface area contributed by atoms with E-state index >= 15 is 0 Å². The smallest absolute Gasteiger partial charge is 0.335 e. The third kappa shape index (κ3) is 5.97. The minimum atomic E-state index is -0.807. The summed E-state index contributed by atoms with van der Waals surface area (Å²) >= 11 is 0. The van der Waals surface area contributed by atoms with Gasteiger partial charge in [-0.15, -0.1) is 6.58 Å². The largest absolute Gasteiger partial charge is 0.451 e. The zero-order valence-corrected chi connectivity index (χ0v) is 15.6. The van der Waals surface area contributed by atoms with E-state index in [0.29, 0.717) is 13.1 Å². The van der Waals surface area contributed by atoms with Crippen LogP contribution in [-0.2, 0) is 25.6 Å². The van der Waals surface area contributed by atoms with Crippen LogP contribution in [0.25, 0.3) is 0 Å². The van der Waals surface area contributed by atoms with E-state index in [4.69, 9.17) is 9.47 Å². The molecule has 142 valence electrons. The van der Waals surface area contributed by atoms with Gasteiger partial charge in [-0.1, -0.05) is 36.4 Å². The number of ether oxygens (including phenoxy) is 2. The van der Waals surface area contributed by atoms with Gasteiger partial charge in [0.1, 0.15) is 0 Å². The first kappa shape index (κ1) is 20.1. The summed E-state index contributed by atoms with van der Waals surface area (Å²) in [6.45, 7) is 10.8. The van der Waals surface area contributed by atoms with Gasteiger partial charge < -0.3 is 14.4 Å². The number of rotatable bonds is 8. The van der Waals surface area contributed by atoms with Gasteiger partial charge in [0.15, 0.2) is 12.2 Å². The number of nitrogens with zero attached hydrogens (tertiary/aromatic N) is 2. The Morgan fingerprint density at radius 1 is 1.12 bits per heavy atom. The van der Waals surface area contributed by atoms with Crippen LogP contribution in [0.1, 0.15) is 19.4 Å². The second-order valence-electron chi connectivity index (χ2n) is 6.43. The molecule has 1 amide bonds. The SMILES string of the molecule is C=CCOC(C)C(=O)OC(C)C(=O)N1CCN(Cc2ccccc2)CC1. The number of carbonyl (C=O) groups excluding carboxylic acids is 2. The number of piperazine rings is 1. The maximum absolute atomic E-state index is 12.5. The van der Waals surface area contributed by atoms with Gasteiger partial charge in [-0.2, -0.15) is 0 Å². The first-order chi connectivity index (χ1) is 12.5. The molecule has 1 aromatic carbocycles. The lowest BCUT2D eigenvalue weighted by atomic mass is 10.2. The molecule has 0 spiro atoms. The summed E-state index contributed by atoms with van der Waals surface area (Å²) in [5.41, 5.74) is 1.27. The summed E-state index contributed by atoms with van der Waals surface area (Å²) in [7, 11) is 0. The van der Waals surface area contributed by atoms with Crippen LogP contribution in [0.2, 0.25) is 0 Å². The van der Waals surface area contributed by atoms with Crippen LogP contribution in [-0.4, -0.2) is 66.7 Å². The first-order valence-corrected chi connectivity index (χ1v) is 8.99. The van der Waals surface area contributed by atoms with Crippen LogP contribution in [0.4, 0.5) is 0 Å². The Morgan fingerprint density at radius 3 is 2.38 bits per heavy atom. The van der Waals surface area contributed by atoms with Crippen molar-refractivity contribution in [2.24, 2.45) is 0 Å². The topological polar surface area (TPSA) is 59.1 Å². The van der Waals surface area contributed by atoms with E-state index in [2.05, 4.69) is 23.6 Å². The molecule has 2 unspecified atom stereocenters. The molecule has 26 heavy (non-hydrogen) atoms. The van der Waals surface area contributed by atoms with Gasteiger partial charge in [-0.05, 0) is 19.4 Å². The summed E-state index contributed by atoms with van der Waals surface area (Å²) in [5.74, 6) is -0.691. The fourth-order valence-electron chi connectivity index (χ4n) is 2.83. The Kier molecular flexibility index (Phi) is 7.81. The highest BCUT2D eigenvalue weighted by Crippen LogP contribution is 2.11. The third-order valence-electron chi connectivity index (χ3n) is 4.37. The number of carbonyl (C=O) groups is 2. The third-order valence-corrected chi connectivity index (χ3v) is 4.37. The lowest BCUT2D eigenvalue weighted by Crippen LogP contribution is -2.51. The van der Waals surface area contributed by atoms with Gasteiger partial charge in [-0.3, -0.25) is 9.69 Å². The van der Waals surface area contributed by atoms with Crippen molar-refractivity contribution in [3.8, 4) is 0 Å². The van der Waals surface area contributed by atoms with Crippen LogP contribution in [0, 0.1) is 0 Å². The molecule has 0 aliphatic carbocycles. The molecule has 6 heteroatoms. The number of hydrogen-bond donors (Lipinski definition) is 0. The van der Waals surface area contributed by atoms with Crippen LogP contribution >= 0.6 is 0 Å². The quantitative estimate of drug-likeness (QED) is 0.523. The van der Waals surface area contributed by atoms with Crippen LogP contribution in [0.15, 0.2) is 43.0 Å². The van der Waals surface area contributed by atoms with E-state index in [9.17, 15) is 9.59 Å². The van der Waals surface area contributed by atoms with Crippen LogP contribution in [0.5, 0.6) is 0 Å². The van der Waals surface area contributed by atoms with E-state index in [-0.39, 0.29) is 12.5 Å². The molecule has 1 aromatic rings. The first-order valence-electron chi connectivity index (χ1n) is 8.99. The van der Waals surface area contributed by atoms with E-state index in [1.807, 2.05) is 18.2 Å². The number of esters is 1. The van der Waals surface area contributed by atoms with Crippen molar-refractivity contribution < 1.29 is 19.1 Å². The average Bonchev–Trinajstić information content (AvgIpc) is 2.66. The number of hydrogen-bond acceptors (Lipinski definition) is 5. The summed E-state index contributed by atoms with van der Waals surface area (Å²) in [5, 5.41) is 0. The Hall–Kier alpha value is -2.18. The molecule has 1 heterocycles. The van der Waals surface area contributed by atoms with Crippen molar-refractivity contribution in [1.82, 2.24) is 9.80 Å². The Labute approximate surface area is 155 Å². The molecule has 0 bridgehead atoms. The van der Waals surface area contributed by atoms with Crippen molar-refractivity contribution in [2.75, 3.05) is 32.8 Å². The fourth-order valence-corrected chi connectivity index (χ4v) is 2.83. The Bertz CT molecular complexity index is 597. The molecular formula is C20H28N2O4. The predicted octanol–water partition coefficient (Wildman–Crippen LogP) is 1.85. The van der Waals surface area contributed by atoms with Crippen molar-refractivity contribution in [3.63, 3.8) is 0 Å². The molecule has 1 aliphatic rings. The zero-order valence-electron chi connectivity index (χ0n) is 15.6. The molecule has 1 saturated heterocycles.